The number of hydrogen-bond donors (Lipinski definition) is 2. The molecule has 1 aliphatic rings. The minimum atomic E-state index is -3.70. The molecule has 1 aliphatic heterocycles. The molecule has 1 aromatic carbocycles. The van der Waals surface area contributed by atoms with Crippen LogP contribution in [0.25, 0.3) is 0 Å². The lowest BCUT2D eigenvalue weighted by molar-refractivity contribution is -0.115. The van der Waals surface area contributed by atoms with E-state index in [9.17, 15) is 18.0 Å². The molecule has 0 spiro atoms. The molecule has 2 amide bonds. The summed E-state index contributed by atoms with van der Waals surface area (Å²) in [7, 11) is -3.70. The Balaban J connectivity index is 1.42. The van der Waals surface area contributed by atoms with Gasteiger partial charge in [0.25, 0.3) is 5.91 Å². The highest BCUT2D eigenvalue weighted by Gasteiger charge is 2.28. The van der Waals surface area contributed by atoms with E-state index in [0.29, 0.717) is 35.2 Å². The van der Waals surface area contributed by atoms with E-state index < -0.39 is 15.9 Å². The van der Waals surface area contributed by atoms with Crippen LogP contribution in [0, 0.1) is 6.92 Å². The number of anilines is 2. The highest BCUT2D eigenvalue weighted by Crippen LogP contribution is 2.27. The summed E-state index contributed by atoms with van der Waals surface area (Å²) in [5.41, 5.74) is 1.12. The highest BCUT2D eigenvalue weighted by molar-refractivity contribution is 7.89. The Kier molecular flexibility index (Phi) is 6.91. The fourth-order valence-electron chi connectivity index (χ4n) is 3.63. The number of rotatable bonds is 7. The average molecular weight is 489 g/mol. The van der Waals surface area contributed by atoms with Crippen LogP contribution in [0.15, 0.2) is 51.3 Å². The van der Waals surface area contributed by atoms with Crippen molar-refractivity contribution in [2.75, 3.05) is 23.7 Å². The molecule has 1 fully saturated rings. The van der Waals surface area contributed by atoms with Crippen LogP contribution < -0.4 is 10.6 Å². The van der Waals surface area contributed by atoms with Gasteiger partial charge in [-0.2, -0.15) is 4.31 Å². The number of benzene rings is 1. The van der Waals surface area contributed by atoms with Crippen LogP contribution in [0.5, 0.6) is 0 Å². The molecule has 0 atom stereocenters. The fourth-order valence-corrected chi connectivity index (χ4v) is 6.00. The minimum Gasteiger partial charge on any atom is -0.469 e. The number of carbonyl (C=O) groups excluding carboxylic acids is 2. The molecule has 174 valence electrons. The van der Waals surface area contributed by atoms with Gasteiger partial charge in [0.15, 0.2) is 5.13 Å². The molecule has 33 heavy (non-hydrogen) atoms. The molecule has 0 radical (unpaired) electrons. The Morgan fingerprint density at radius 2 is 1.88 bits per heavy atom. The van der Waals surface area contributed by atoms with Gasteiger partial charge >= 0.3 is 0 Å². The summed E-state index contributed by atoms with van der Waals surface area (Å²) in [6.45, 7) is 2.66. The second kappa shape index (κ2) is 9.86. The third kappa shape index (κ3) is 5.32. The molecule has 2 N–H and O–H groups in total. The van der Waals surface area contributed by atoms with Crippen molar-refractivity contribution in [1.29, 1.82) is 0 Å². The average Bonchev–Trinajstić information content (AvgIpc) is 3.43. The number of sulfonamides is 1. The Labute approximate surface area is 195 Å². The summed E-state index contributed by atoms with van der Waals surface area (Å²) in [5, 5.41) is 7.42. The van der Waals surface area contributed by atoms with Gasteiger partial charge in [0, 0.05) is 18.5 Å². The van der Waals surface area contributed by atoms with E-state index in [0.717, 1.165) is 19.3 Å². The van der Waals surface area contributed by atoms with Gasteiger partial charge in [-0.05, 0) is 38.0 Å². The van der Waals surface area contributed by atoms with Crippen molar-refractivity contribution in [3.8, 4) is 0 Å². The van der Waals surface area contributed by atoms with E-state index in [1.165, 1.54) is 28.0 Å². The maximum absolute atomic E-state index is 13.1. The molecule has 1 saturated heterocycles. The molecular weight excluding hydrogens is 464 g/mol. The summed E-state index contributed by atoms with van der Waals surface area (Å²) < 4.78 is 32.8. The van der Waals surface area contributed by atoms with E-state index in [1.54, 1.807) is 36.6 Å². The molecule has 11 heteroatoms. The lowest BCUT2D eigenvalue weighted by atomic mass is 10.2. The summed E-state index contributed by atoms with van der Waals surface area (Å²) in [6, 6.07) is 7.98. The Morgan fingerprint density at radius 3 is 2.61 bits per heavy atom. The molecule has 9 nitrogen and oxygen atoms in total. The van der Waals surface area contributed by atoms with E-state index in [-0.39, 0.29) is 22.9 Å². The molecule has 3 heterocycles. The Bertz CT molecular complexity index is 1260. The van der Waals surface area contributed by atoms with Crippen molar-refractivity contribution >= 4 is 44.0 Å². The zero-order valence-electron chi connectivity index (χ0n) is 18.0. The largest absolute Gasteiger partial charge is 0.469 e. The molecule has 0 bridgehead atoms. The number of hydrogen-bond acceptors (Lipinski definition) is 7. The molecule has 0 aliphatic carbocycles. The first kappa shape index (κ1) is 23.1. The first-order valence-electron chi connectivity index (χ1n) is 10.5. The number of thiazole rings is 1. The number of aromatic nitrogens is 1. The summed E-state index contributed by atoms with van der Waals surface area (Å²) >= 11 is 1.20. The third-order valence-electron chi connectivity index (χ3n) is 5.31. The smallest absolute Gasteiger partial charge is 0.260 e. The molecule has 0 saturated carbocycles. The maximum Gasteiger partial charge on any atom is 0.260 e. The van der Waals surface area contributed by atoms with Crippen LogP contribution in [0.1, 0.15) is 41.1 Å². The van der Waals surface area contributed by atoms with E-state index in [2.05, 4.69) is 15.6 Å². The van der Waals surface area contributed by atoms with E-state index in [4.69, 9.17) is 4.42 Å². The highest BCUT2D eigenvalue weighted by atomic mass is 32.2. The van der Waals surface area contributed by atoms with E-state index >= 15 is 0 Å². The predicted molar refractivity (Wildman–Crippen MR) is 125 cm³/mol. The Hall–Kier alpha value is -3.02. The van der Waals surface area contributed by atoms with E-state index in [1.807, 2.05) is 0 Å². The number of piperidine rings is 1. The van der Waals surface area contributed by atoms with Gasteiger partial charge in [-0.1, -0.05) is 18.6 Å². The molecular formula is C22H24N4O5S2. The quantitative estimate of drug-likeness (QED) is 0.524. The number of nitrogens with zero attached hydrogens (tertiary/aromatic N) is 2. The monoisotopic (exact) mass is 488 g/mol. The van der Waals surface area contributed by atoms with Crippen molar-refractivity contribution in [1.82, 2.24) is 9.29 Å². The van der Waals surface area contributed by atoms with Crippen LogP contribution in [0.3, 0.4) is 0 Å². The van der Waals surface area contributed by atoms with Crippen molar-refractivity contribution < 1.29 is 22.4 Å². The standard InChI is InChI=1S/C22H24N4O5S2/c1-15-17(9-12-31-15)21(28)25-22-23-16(14-32-22)13-20(27)24-18-7-3-4-8-19(18)33(29,30)26-10-5-2-6-11-26/h3-4,7-9,12,14H,2,5-6,10-11,13H2,1H3,(H,24,27)(H,23,25,28). The first-order chi connectivity index (χ1) is 15.8. The predicted octanol–water partition coefficient (Wildman–Crippen LogP) is 3.65. The first-order valence-corrected chi connectivity index (χ1v) is 12.9. The third-order valence-corrected chi connectivity index (χ3v) is 8.07. The summed E-state index contributed by atoms with van der Waals surface area (Å²) in [6.07, 6.45) is 4.05. The molecule has 2 aromatic heterocycles. The summed E-state index contributed by atoms with van der Waals surface area (Å²) in [5.74, 6) is -0.240. The number of para-hydroxylation sites is 1. The minimum absolute atomic E-state index is 0.0603. The molecule has 4 rings (SSSR count). The molecule has 0 unspecified atom stereocenters. The zero-order valence-corrected chi connectivity index (χ0v) is 19.7. The van der Waals surface area contributed by atoms with Gasteiger partial charge < -0.3 is 9.73 Å². The van der Waals surface area contributed by atoms with Gasteiger partial charge in [-0.25, -0.2) is 13.4 Å². The lowest BCUT2D eigenvalue weighted by Gasteiger charge is -2.26. The van der Waals surface area contributed by atoms with Crippen molar-refractivity contribution in [2.45, 2.75) is 37.5 Å². The number of amides is 2. The topological polar surface area (TPSA) is 122 Å². The lowest BCUT2D eigenvalue weighted by Crippen LogP contribution is -2.36. The zero-order chi connectivity index (χ0) is 23.4. The normalized spacial score (nSPS) is 14.7. The summed E-state index contributed by atoms with van der Waals surface area (Å²) in [4.78, 5) is 29.3. The van der Waals surface area contributed by atoms with Crippen LogP contribution in [0.2, 0.25) is 0 Å². The fraction of sp³-hybridized carbons (Fsp3) is 0.318. The van der Waals surface area contributed by atoms with Gasteiger partial charge in [0.05, 0.1) is 29.6 Å². The molecule has 3 aromatic rings. The van der Waals surface area contributed by atoms with Crippen molar-refractivity contribution in [2.24, 2.45) is 0 Å². The number of furan rings is 1. The van der Waals surface area contributed by atoms with Gasteiger partial charge in [-0.3, -0.25) is 14.9 Å². The number of aryl methyl sites for hydroxylation is 1. The van der Waals surface area contributed by atoms with Gasteiger partial charge in [0.2, 0.25) is 15.9 Å². The van der Waals surface area contributed by atoms with Crippen molar-refractivity contribution in [3.05, 3.63) is 59.0 Å². The van der Waals surface area contributed by atoms with Gasteiger partial charge in [-0.15, -0.1) is 11.3 Å². The van der Waals surface area contributed by atoms with Crippen LogP contribution in [0.4, 0.5) is 10.8 Å². The number of nitrogens with one attached hydrogen (secondary N) is 2. The van der Waals surface area contributed by atoms with Crippen LogP contribution in [-0.4, -0.2) is 42.6 Å². The van der Waals surface area contributed by atoms with Crippen LogP contribution in [-0.2, 0) is 21.2 Å². The maximum atomic E-state index is 13.1. The van der Waals surface area contributed by atoms with Gasteiger partial charge in [0.1, 0.15) is 10.7 Å². The second-order valence-electron chi connectivity index (χ2n) is 7.67. The van der Waals surface area contributed by atoms with Crippen LogP contribution >= 0.6 is 11.3 Å². The number of carbonyl (C=O) groups is 2. The van der Waals surface area contributed by atoms with Crippen molar-refractivity contribution in [3.63, 3.8) is 0 Å². The SMILES string of the molecule is Cc1occc1C(=O)Nc1nc(CC(=O)Nc2ccccc2S(=O)(=O)N2CCCCC2)cs1. The Morgan fingerprint density at radius 1 is 1.12 bits per heavy atom. The second-order valence-corrected chi connectivity index (χ2v) is 10.4.